The molecule has 1 aliphatic rings. The van der Waals surface area contributed by atoms with E-state index in [2.05, 4.69) is 18.0 Å². The van der Waals surface area contributed by atoms with Gasteiger partial charge in [0.1, 0.15) is 13.2 Å². The van der Waals surface area contributed by atoms with Gasteiger partial charge in [0.2, 0.25) is 0 Å². The van der Waals surface area contributed by atoms with Crippen LogP contribution in [-0.2, 0) is 14.3 Å². The maximum Gasteiger partial charge on any atom is 0.264 e. The number of carbonyl (C=O) groups excluding carboxylic acids is 1. The van der Waals surface area contributed by atoms with Crippen LogP contribution in [0.1, 0.15) is 37.0 Å². The second-order valence-corrected chi connectivity index (χ2v) is 11.7. The minimum Gasteiger partial charge on any atom is -0.493 e. The quantitative estimate of drug-likeness (QED) is 0.204. The molecule has 11 heteroatoms. The second-order valence-electron chi connectivity index (χ2n) is 6.95. The fraction of sp³-hybridized carbons (Fsp3) is 0.650. The highest BCUT2D eigenvalue weighted by Gasteiger charge is 2.36. The highest BCUT2D eigenvalue weighted by Crippen LogP contribution is 2.38. The van der Waals surface area contributed by atoms with Crippen LogP contribution in [0.4, 0.5) is 5.69 Å². The number of nitrogen functional groups attached to an aromatic ring is 1. The van der Waals surface area contributed by atoms with Gasteiger partial charge in [0.25, 0.3) is 16.0 Å². The Hall–Kier alpha value is -1.30. The lowest BCUT2D eigenvalue weighted by Crippen LogP contribution is -2.41. The van der Waals surface area contributed by atoms with Crippen molar-refractivity contribution in [1.29, 1.82) is 0 Å². The highest BCUT2D eigenvalue weighted by molar-refractivity contribution is 8.17. The molecule has 1 aromatic carbocycles. The average Bonchev–Trinajstić information content (AvgIpc) is 3.19. The first kappa shape index (κ1) is 26.0. The Bertz CT molecular complexity index is 844. The predicted molar refractivity (Wildman–Crippen MR) is 128 cm³/mol. The number of likely N-dealkylation sites (tertiary alicyclic amines) is 1. The fourth-order valence-corrected chi connectivity index (χ4v) is 6.69. The van der Waals surface area contributed by atoms with Crippen LogP contribution in [0.25, 0.3) is 0 Å². The summed E-state index contributed by atoms with van der Waals surface area (Å²) < 4.78 is 38.1. The number of carbonyl (C=O) groups is 1. The van der Waals surface area contributed by atoms with Gasteiger partial charge in [0.05, 0.1) is 29.6 Å². The lowest BCUT2D eigenvalue weighted by molar-refractivity contribution is 0.0746. The van der Waals surface area contributed by atoms with Crippen LogP contribution < -0.4 is 15.2 Å². The first-order valence-electron chi connectivity index (χ1n) is 10.2. The Balaban J connectivity index is 2.18. The molecule has 2 rings (SSSR count). The number of hydrogen-bond acceptors (Lipinski definition) is 9. The van der Waals surface area contributed by atoms with Crippen LogP contribution in [-0.4, -0.2) is 74.5 Å². The van der Waals surface area contributed by atoms with E-state index in [4.69, 9.17) is 15.2 Å². The van der Waals surface area contributed by atoms with Crippen molar-refractivity contribution in [3.63, 3.8) is 0 Å². The molecule has 1 heterocycles. The first-order chi connectivity index (χ1) is 14.7. The summed E-state index contributed by atoms with van der Waals surface area (Å²) >= 11 is 3.76. The van der Waals surface area contributed by atoms with Gasteiger partial charge >= 0.3 is 0 Å². The normalized spacial score (nSPS) is 16.7. The Labute approximate surface area is 193 Å². The molecule has 0 spiro atoms. The number of benzene rings is 1. The molecule has 1 amide bonds. The van der Waals surface area contributed by atoms with E-state index >= 15 is 0 Å². The maximum absolute atomic E-state index is 13.4. The van der Waals surface area contributed by atoms with Gasteiger partial charge in [-0.05, 0) is 30.4 Å². The molecule has 0 aromatic heterocycles. The fourth-order valence-electron chi connectivity index (χ4n) is 3.45. The van der Waals surface area contributed by atoms with Crippen LogP contribution in [0.15, 0.2) is 12.1 Å². The van der Waals surface area contributed by atoms with Crippen molar-refractivity contribution in [1.82, 2.24) is 4.90 Å². The maximum atomic E-state index is 13.4. The third-order valence-electron chi connectivity index (χ3n) is 4.74. The van der Waals surface area contributed by atoms with E-state index < -0.39 is 10.1 Å². The highest BCUT2D eigenvalue weighted by atomic mass is 32.2. The van der Waals surface area contributed by atoms with Crippen molar-refractivity contribution >= 4 is 45.2 Å². The van der Waals surface area contributed by atoms with Crippen LogP contribution in [0.5, 0.6) is 11.5 Å². The molecule has 0 unspecified atom stereocenters. The van der Waals surface area contributed by atoms with Gasteiger partial charge in [-0.1, -0.05) is 13.8 Å². The molecule has 0 radical (unpaired) electrons. The van der Waals surface area contributed by atoms with Gasteiger partial charge in [0, 0.05) is 18.3 Å². The summed E-state index contributed by atoms with van der Waals surface area (Å²) in [6.07, 6.45) is 2.93. The van der Waals surface area contributed by atoms with E-state index in [0.717, 1.165) is 30.6 Å². The molecule has 0 saturated carbocycles. The van der Waals surface area contributed by atoms with E-state index in [-0.39, 0.29) is 25.2 Å². The SMILES string of the molecule is CCSC(SCC)[C@@H]1CCCN1C(=O)c1cc(OC)c(OCCOS(C)(=O)=O)cc1N. The third kappa shape index (κ3) is 7.37. The molecule has 1 fully saturated rings. The van der Waals surface area contributed by atoms with Crippen molar-refractivity contribution in [3.8, 4) is 11.5 Å². The summed E-state index contributed by atoms with van der Waals surface area (Å²) in [5.41, 5.74) is 6.88. The van der Waals surface area contributed by atoms with E-state index in [1.165, 1.54) is 13.2 Å². The summed E-state index contributed by atoms with van der Waals surface area (Å²) in [5.74, 6) is 2.58. The summed E-state index contributed by atoms with van der Waals surface area (Å²) in [5, 5.41) is 0. The van der Waals surface area contributed by atoms with E-state index in [1.54, 1.807) is 6.07 Å². The molecule has 176 valence electrons. The van der Waals surface area contributed by atoms with Crippen molar-refractivity contribution in [2.75, 3.05) is 50.4 Å². The third-order valence-corrected chi connectivity index (χ3v) is 8.10. The van der Waals surface area contributed by atoms with Crippen LogP contribution in [0, 0.1) is 0 Å². The van der Waals surface area contributed by atoms with Gasteiger partial charge in [-0.15, -0.1) is 23.5 Å². The van der Waals surface area contributed by atoms with Gasteiger partial charge in [0.15, 0.2) is 11.5 Å². The molecule has 1 saturated heterocycles. The number of anilines is 1. The van der Waals surface area contributed by atoms with Gasteiger partial charge in [-0.2, -0.15) is 8.42 Å². The molecule has 2 N–H and O–H groups in total. The van der Waals surface area contributed by atoms with E-state index in [0.29, 0.717) is 33.9 Å². The molecule has 0 aliphatic carbocycles. The van der Waals surface area contributed by atoms with Gasteiger partial charge in [-0.3, -0.25) is 8.98 Å². The zero-order valence-electron chi connectivity index (χ0n) is 18.5. The van der Waals surface area contributed by atoms with Crippen LogP contribution >= 0.6 is 23.5 Å². The molecule has 1 aliphatic heterocycles. The number of nitrogens with two attached hydrogens (primary N) is 1. The van der Waals surface area contributed by atoms with Crippen molar-refractivity contribution in [2.24, 2.45) is 0 Å². The standard InChI is InChI=1S/C20H32N2O6S3/c1-5-29-20(30-6-2)16-8-7-9-22(16)19(23)14-12-17(26-3)18(13-15(14)21)27-10-11-28-31(4,24)25/h12-13,16,20H,5-11,21H2,1-4H3/t16-/m0/s1. The van der Waals surface area contributed by atoms with Gasteiger partial charge < -0.3 is 20.1 Å². The summed E-state index contributed by atoms with van der Waals surface area (Å²) in [6, 6.07) is 3.29. The minimum absolute atomic E-state index is 0.00543. The number of amides is 1. The summed E-state index contributed by atoms with van der Waals surface area (Å²) in [6.45, 7) is 4.84. The Kier molecular flexibility index (Phi) is 10.1. The predicted octanol–water partition coefficient (Wildman–Crippen LogP) is 3.07. The van der Waals surface area contributed by atoms with Crippen molar-refractivity contribution < 1.29 is 26.9 Å². The number of rotatable bonds is 12. The number of nitrogens with zero attached hydrogens (tertiary/aromatic N) is 1. The first-order valence-corrected chi connectivity index (χ1v) is 14.1. The number of thioether (sulfide) groups is 2. The summed E-state index contributed by atoms with van der Waals surface area (Å²) in [7, 11) is -2.06. The Morgan fingerprint density at radius 2 is 1.90 bits per heavy atom. The molecule has 8 nitrogen and oxygen atoms in total. The lowest BCUT2D eigenvalue weighted by Gasteiger charge is -2.31. The van der Waals surface area contributed by atoms with Crippen molar-refractivity contribution in [2.45, 2.75) is 37.3 Å². The molecular weight excluding hydrogens is 460 g/mol. The average molecular weight is 493 g/mol. The van der Waals surface area contributed by atoms with Crippen LogP contribution in [0.3, 0.4) is 0 Å². The molecule has 1 atom stereocenters. The monoisotopic (exact) mass is 492 g/mol. The Morgan fingerprint density at radius 3 is 2.48 bits per heavy atom. The molecule has 1 aromatic rings. The lowest BCUT2D eigenvalue weighted by atomic mass is 10.1. The van der Waals surface area contributed by atoms with Crippen LogP contribution in [0.2, 0.25) is 0 Å². The zero-order chi connectivity index (χ0) is 23.0. The van der Waals surface area contributed by atoms with Gasteiger partial charge in [-0.25, -0.2) is 0 Å². The van der Waals surface area contributed by atoms with E-state index in [9.17, 15) is 13.2 Å². The Morgan fingerprint density at radius 1 is 1.23 bits per heavy atom. The minimum atomic E-state index is -3.54. The second kappa shape index (κ2) is 12.1. The zero-order valence-corrected chi connectivity index (χ0v) is 20.9. The van der Waals surface area contributed by atoms with E-state index in [1.807, 2.05) is 28.4 Å². The number of hydrogen-bond donors (Lipinski definition) is 1. The summed E-state index contributed by atoms with van der Waals surface area (Å²) in [4.78, 5) is 15.3. The molecule has 0 bridgehead atoms. The smallest absolute Gasteiger partial charge is 0.264 e. The topological polar surface area (TPSA) is 108 Å². The molecule has 31 heavy (non-hydrogen) atoms. The molecular formula is C20H32N2O6S3. The number of methoxy groups -OCH3 is 1. The number of ether oxygens (including phenoxy) is 2. The largest absolute Gasteiger partial charge is 0.493 e. The van der Waals surface area contributed by atoms with Crippen molar-refractivity contribution in [3.05, 3.63) is 17.7 Å².